The molecule has 1 saturated heterocycles. The Kier molecular flexibility index (Phi) is 4.97. The second-order valence-corrected chi connectivity index (χ2v) is 5.53. The van der Waals surface area contributed by atoms with Gasteiger partial charge in [0.1, 0.15) is 0 Å². The minimum Gasteiger partial charge on any atom is -0.394 e. The van der Waals surface area contributed by atoms with Crippen LogP contribution in [0.4, 0.5) is 0 Å². The van der Waals surface area contributed by atoms with E-state index in [-0.39, 0.29) is 12.1 Å². The first-order valence-corrected chi connectivity index (χ1v) is 7.35. The molecule has 19 heavy (non-hydrogen) atoms. The molecule has 0 saturated carbocycles. The molecule has 2 N–H and O–H groups in total. The summed E-state index contributed by atoms with van der Waals surface area (Å²) in [6, 6.07) is 11.0. The molecule has 0 aromatic heterocycles. The summed E-state index contributed by atoms with van der Waals surface area (Å²) >= 11 is 0. The Balaban J connectivity index is 2.20. The van der Waals surface area contributed by atoms with Crippen molar-refractivity contribution in [2.45, 2.75) is 37.8 Å². The molecule has 2 unspecified atom stereocenters. The fraction of sp³-hybridized carbons (Fsp3) is 0.625. The van der Waals surface area contributed by atoms with Gasteiger partial charge in [0.05, 0.1) is 12.1 Å². The number of benzene rings is 1. The van der Waals surface area contributed by atoms with E-state index in [0.717, 1.165) is 13.1 Å². The number of hydrogen-bond acceptors (Lipinski definition) is 3. The summed E-state index contributed by atoms with van der Waals surface area (Å²) < 4.78 is 0. The predicted molar refractivity (Wildman–Crippen MR) is 79.2 cm³/mol. The Hall–Kier alpha value is -0.900. The number of nitrogens with zero attached hydrogens (tertiary/aromatic N) is 1. The summed E-state index contributed by atoms with van der Waals surface area (Å²) in [5.41, 5.74) is 0.820. The number of hydrogen-bond donors (Lipinski definition) is 2. The van der Waals surface area contributed by atoms with Crippen molar-refractivity contribution in [1.82, 2.24) is 10.2 Å². The molecule has 1 fully saturated rings. The van der Waals surface area contributed by atoms with Gasteiger partial charge in [-0.3, -0.25) is 4.90 Å². The SMILES string of the molecule is CCC1CCCN1CC(CO)(NC)c1ccccc1. The highest BCUT2D eigenvalue weighted by Crippen LogP contribution is 2.27. The van der Waals surface area contributed by atoms with E-state index in [1.807, 2.05) is 25.2 Å². The molecule has 3 heteroatoms. The van der Waals surface area contributed by atoms with Crippen LogP contribution in [0.1, 0.15) is 31.7 Å². The molecule has 106 valence electrons. The van der Waals surface area contributed by atoms with E-state index in [9.17, 15) is 5.11 Å². The average molecular weight is 262 g/mol. The molecular formula is C16H26N2O. The van der Waals surface area contributed by atoms with Gasteiger partial charge >= 0.3 is 0 Å². The van der Waals surface area contributed by atoms with Crippen molar-refractivity contribution in [3.8, 4) is 0 Å². The monoisotopic (exact) mass is 262 g/mol. The smallest absolute Gasteiger partial charge is 0.0795 e. The van der Waals surface area contributed by atoms with Crippen LogP contribution < -0.4 is 5.32 Å². The van der Waals surface area contributed by atoms with Gasteiger partial charge in [-0.05, 0) is 38.4 Å². The molecule has 1 aliphatic rings. The lowest BCUT2D eigenvalue weighted by molar-refractivity contribution is 0.105. The van der Waals surface area contributed by atoms with Crippen molar-refractivity contribution in [2.24, 2.45) is 0 Å². The predicted octanol–water partition coefficient (Wildman–Crippen LogP) is 1.97. The van der Waals surface area contributed by atoms with Gasteiger partial charge in [0, 0.05) is 12.6 Å². The summed E-state index contributed by atoms with van der Waals surface area (Å²) in [5.74, 6) is 0. The van der Waals surface area contributed by atoms with Crippen LogP contribution in [0.25, 0.3) is 0 Å². The summed E-state index contributed by atoms with van der Waals surface area (Å²) in [6.07, 6.45) is 3.76. The molecule has 2 atom stereocenters. The summed E-state index contributed by atoms with van der Waals surface area (Å²) in [5, 5.41) is 13.3. The molecule has 1 aromatic rings. The minimum absolute atomic E-state index is 0.125. The van der Waals surface area contributed by atoms with Gasteiger partial charge in [-0.25, -0.2) is 0 Å². The standard InChI is InChI=1S/C16H26N2O/c1-3-15-10-7-11-18(15)12-16(13-19,17-2)14-8-5-4-6-9-14/h4-6,8-9,15,17,19H,3,7,10-13H2,1-2H3. The molecule has 0 aliphatic carbocycles. The van der Waals surface area contributed by atoms with Gasteiger partial charge in [-0.2, -0.15) is 0 Å². The third-order valence-corrected chi connectivity index (χ3v) is 4.52. The maximum Gasteiger partial charge on any atom is 0.0795 e. The van der Waals surface area contributed by atoms with Crippen molar-refractivity contribution in [1.29, 1.82) is 0 Å². The largest absolute Gasteiger partial charge is 0.394 e. The first kappa shape index (κ1) is 14.5. The molecule has 0 amide bonds. The van der Waals surface area contributed by atoms with Crippen LogP contribution in [0.2, 0.25) is 0 Å². The maximum atomic E-state index is 9.96. The zero-order valence-corrected chi connectivity index (χ0v) is 12.1. The van der Waals surface area contributed by atoms with Gasteiger partial charge in [-0.1, -0.05) is 37.3 Å². The highest BCUT2D eigenvalue weighted by atomic mass is 16.3. The number of likely N-dealkylation sites (tertiary alicyclic amines) is 1. The molecular weight excluding hydrogens is 236 g/mol. The van der Waals surface area contributed by atoms with Gasteiger partial charge in [0.2, 0.25) is 0 Å². The molecule has 2 rings (SSSR count). The van der Waals surface area contributed by atoms with Gasteiger partial charge in [0.25, 0.3) is 0 Å². The van der Waals surface area contributed by atoms with E-state index >= 15 is 0 Å². The van der Waals surface area contributed by atoms with E-state index in [4.69, 9.17) is 0 Å². The van der Waals surface area contributed by atoms with Gasteiger partial charge in [0.15, 0.2) is 0 Å². The molecule has 0 bridgehead atoms. The second-order valence-electron chi connectivity index (χ2n) is 5.53. The van der Waals surface area contributed by atoms with Crippen LogP contribution in [0.15, 0.2) is 30.3 Å². The van der Waals surface area contributed by atoms with Crippen LogP contribution in [0.3, 0.4) is 0 Å². The quantitative estimate of drug-likeness (QED) is 0.823. The molecule has 3 nitrogen and oxygen atoms in total. The second kappa shape index (κ2) is 6.51. The van der Waals surface area contributed by atoms with Crippen molar-refractivity contribution in [2.75, 3.05) is 26.7 Å². The average Bonchev–Trinajstić information content (AvgIpc) is 2.93. The fourth-order valence-electron chi connectivity index (χ4n) is 3.20. The summed E-state index contributed by atoms with van der Waals surface area (Å²) in [7, 11) is 1.94. The molecule has 0 radical (unpaired) electrons. The number of likely N-dealkylation sites (N-methyl/N-ethyl adjacent to an activating group) is 1. The molecule has 1 aromatic carbocycles. The van der Waals surface area contributed by atoms with E-state index in [0.29, 0.717) is 6.04 Å². The number of aliphatic hydroxyl groups excluding tert-OH is 1. The first-order chi connectivity index (χ1) is 9.25. The lowest BCUT2D eigenvalue weighted by Gasteiger charge is -2.38. The van der Waals surface area contributed by atoms with Crippen LogP contribution >= 0.6 is 0 Å². The first-order valence-electron chi connectivity index (χ1n) is 7.35. The summed E-state index contributed by atoms with van der Waals surface area (Å²) in [4.78, 5) is 2.53. The van der Waals surface area contributed by atoms with Gasteiger partial charge < -0.3 is 10.4 Å². The molecule has 0 spiro atoms. The zero-order chi connectivity index (χ0) is 13.7. The van der Waals surface area contributed by atoms with Crippen LogP contribution in [0, 0.1) is 0 Å². The van der Waals surface area contributed by atoms with Crippen molar-refractivity contribution in [3.63, 3.8) is 0 Å². The Labute approximate surface area is 116 Å². The van der Waals surface area contributed by atoms with E-state index < -0.39 is 0 Å². The van der Waals surface area contributed by atoms with E-state index in [1.54, 1.807) is 0 Å². The third-order valence-electron chi connectivity index (χ3n) is 4.52. The van der Waals surface area contributed by atoms with Crippen LogP contribution in [0.5, 0.6) is 0 Å². The Morgan fingerprint density at radius 3 is 2.68 bits per heavy atom. The normalized spacial score (nSPS) is 23.4. The van der Waals surface area contributed by atoms with Crippen molar-refractivity contribution >= 4 is 0 Å². The van der Waals surface area contributed by atoms with Crippen LogP contribution in [-0.2, 0) is 5.54 Å². The Bertz CT molecular complexity index is 376. The minimum atomic E-state index is -0.348. The van der Waals surface area contributed by atoms with Crippen molar-refractivity contribution < 1.29 is 5.11 Å². The Morgan fingerprint density at radius 2 is 2.11 bits per heavy atom. The van der Waals surface area contributed by atoms with E-state index in [1.165, 1.54) is 24.8 Å². The lowest BCUT2D eigenvalue weighted by Crippen LogP contribution is -2.53. The molecule has 1 heterocycles. The van der Waals surface area contributed by atoms with Crippen molar-refractivity contribution in [3.05, 3.63) is 35.9 Å². The highest BCUT2D eigenvalue weighted by molar-refractivity contribution is 5.25. The van der Waals surface area contributed by atoms with Gasteiger partial charge in [-0.15, -0.1) is 0 Å². The topological polar surface area (TPSA) is 35.5 Å². The third kappa shape index (κ3) is 2.99. The maximum absolute atomic E-state index is 9.96. The van der Waals surface area contributed by atoms with Crippen LogP contribution in [-0.4, -0.2) is 42.8 Å². The summed E-state index contributed by atoms with van der Waals surface area (Å²) in [6.45, 7) is 4.41. The highest BCUT2D eigenvalue weighted by Gasteiger charge is 2.35. The lowest BCUT2D eigenvalue weighted by atomic mass is 9.89. The number of aliphatic hydroxyl groups is 1. The number of rotatable bonds is 6. The zero-order valence-electron chi connectivity index (χ0n) is 12.1. The molecule has 1 aliphatic heterocycles. The van der Waals surface area contributed by atoms with E-state index in [2.05, 4.69) is 29.3 Å². The number of nitrogens with one attached hydrogen (secondary N) is 1. The Morgan fingerprint density at radius 1 is 1.37 bits per heavy atom. The fourth-order valence-corrected chi connectivity index (χ4v) is 3.20.